The molecular weight excluding hydrogens is 344 g/mol. The Morgan fingerprint density at radius 2 is 2.11 bits per heavy atom. The highest BCUT2D eigenvalue weighted by molar-refractivity contribution is 6.39. The zero-order chi connectivity index (χ0) is 19.3. The predicted molar refractivity (Wildman–Crippen MR) is 103 cm³/mol. The lowest BCUT2D eigenvalue weighted by molar-refractivity contribution is -0.124. The van der Waals surface area contributed by atoms with Crippen LogP contribution in [0.2, 0.25) is 0 Å². The Morgan fingerprint density at radius 1 is 1.33 bits per heavy atom. The van der Waals surface area contributed by atoms with Crippen molar-refractivity contribution >= 4 is 23.2 Å². The molecule has 2 aliphatic rings. The second kappa shape index (κ2) is 8.50. The summed E-state index contributed by atoms with van der Waals surface area (Å²) >= 11 is 0. The minimum Gasteiger partial charge on any atom is -0.388 e. The molecule has 3 rings (SSSR count). The van der Waals surface area contributed by atoms with Gasteiger partial charge in [-0.05, 0) is 50.7 Å². The van der Waals surface area contributed by atoms with Crippen LogP contribution >= 0.6 is 0 Å². The average molecular weight is 372 g/mol. The molecule has 1 fully saturated rings. The molecule has 0 aromatic carbocycles. The molecule has 7 heteroatoms. The van der Waals surface area contributed by atoms with Crippen LogP contribution in [0.4, 0.5) is 5.82 Å². The predicted octanol–water partition coefficient (Wildman–Crippen LogP) is 2.68. The van der Waals surface area contributed by atoms with E-state index in [1.165, 1.54) is 0 Å². The third-order valence-corrected chi connectivity index (χ3v) is 5.53. The van der Waals surface area contributed by atoms with E-state index in [-0.39, 0.29) is 17.3 Å². The quantitative estimate of drug-likeness (QED) is 0.768. The molecule has 27 heavy (non-hydrogen) atoms. The second-order valence-corrected chi connectivity index (χ2v) is 7.54. The second-order valence-electron chi connectivity index (χ2n) is 7.54. The highest BCUT2D eigenvalue weighted by Crippen LogP contribution is 2.40. The van der Waals surface area contributed by atoms with Crippen molar-refractivity contribution in [1.29, 1.82) is 0 Å². The van der Waals surface area contributed by atoms with Crippen molar-refractivity contribution in [3.8, 4) is 0 Å². The molecular formula is C20H28N4O3. The molecule has 1 amide bonds. The van der Waals surface area contributed by atoms with Gasteiger partial charge in [0.25, 0.3) is 5.91 Å². The molecule has 7 nitrogen and oxygen atoms in total. The first kappa shape index (κ1) is 19.3. The van der Waals surface area contributed by atoms with Gasteiger partial charge >= 0.3 is 0 Å². The SMILES string of the molecule is CCC(=O)C(C)NC(=O)C1=NOC2(CCC(CNc3ccccn3)CC2)C1. The molecule has 2 heterocycles. The van der Waals surface area contributed by atoms with Crippen LogP contribution < -0.4 is 10.6 Å². The summed E-state index contributed by atoms with van der Waals surface area (Å²) in [6.45, 7) is 4.38. The smallest absolute Gasteiger partial charge is 0.269 e. The van der Waals surface area contributed by atoms with Crippen LogP contribution in [0.15, 0.2) is 29.6 Å². The monoisotopic (exact) mass is 372 g/mol. The van der Waals surface area contributed by atoms with Gasteiger partial charge in [-0.2, -0.15) is 0 Å². The first-order valence-corrected chi connectivity index (χ1v) is 9.75. The fourth-order valence-corrected chi connectivity index (χ4v) is 3.70. The number of carbonyl (C=O) groups excluding carboxylic acids is 2. The van der Waals surface area contributed by atoms with Crippen molar-refractivity contribution in [3.63, 3.8) is 0 Å². The number of rotatable bonds is 7. The third kappa shape index (κ3) is 4.84. The number of carbonyl (C=O) groups is 2. The van der Waals surface area contributed by atoms with Gasteiger partial charge in [0.2, 0.25) is 0 Å². The Hall–Kier alpha value is -2.44. The summed E-state index contributed by atoms with van der Waals surface area (Å²) in [6.07, 6.45) is 6.51. The summed E-state index contributed by atoms with van der Waals surface area (Å²) in [5, 5.41) is 10.1. The number of amides is 1. The van der Waals surface area contributed by atoms with Crippen LogP contribution in [0.25, 0.3) is 0 Å². The lowest BCUT2D eigenvalue weighted by Crippen LogP contribution is -2.43. The Bertz CT molecular complexity index is 696. The largest absolute Gasteiger partial charge is 0.388 e. The van der Waals surface area contributed by atoms with E-state index in [2.05, 4.69) is 20.8 Å². The number of aromatic nitrogens is 1. The van der Waals surface area contributed by atoms with Gasteiger partial charge in [-0.15, -0.1) is 0 Å². The van der Waals surface area contributed by atoms with E-state index < -0.39 is 6.04 Å². The highest BCUT2D eigenvalue weighted by atomic mass is 16.7. The zero-order valence-electron chi connectivity index (χ0n) is 16.0. The molecule has 0 radical (unpaired) electrons. The normalized spacial score (nSPS) is 25.4. The molecule has 1 aromatic heterocycles. The van der Waals surface area contributed by atoms with E-state index in [9.17, 15) is 9.59 Å². The van der Waals surface area contributed by atoms with Gasteiger partial charge in [-0.25, -0.2) is 4.98 Å². The van der Waals surface area contributed by atoms with Crippen molar-refractivity contribution in [2.75, 3.05) is 11.9 Å². The Balaban J connectivity index is 1.44. The minimum absolute atomic E-state index is 0.0125. The van der Waals surface area contributed by atoms with Crippen molar-refractivity contribution in [2.24, 2.45) is 11.1 Å². The van der Waals surface area contributed by atoms with Crippen molar-refractivity contribution in [3.05, 3.63) is 24.4 Å². The number of oxime groups is 1. The number of nitrogens with one attached hydrogen (secondary N) is 2. The third-order valence-electron chi connectivity index (χ3n) is 5.53. The van der Waals surface area contributed by atoms with Crippen molar-refractivity contribution in [1.82, 2.24) is 10.3 Å². The molecule has 1 atom stereocenters. The van der Waals surface area contributed by atoms with E-state index in [4.69, 9.17) is 4.84 Å². The summed E-state index contributed by atoms with van der Waals surface area (Å²) in [4.78, 5) is 34.0. The van der Waals surface area contributed by atoms with E-state index in [1.54, 1.807) is 20.0 Å². The Morgan fingerprint density at radius 3 is 2.78 bits per heavy atom. The minimum atomic E-state index is -0.491. The highest BCUT2D eigenvalue weighted by Gasteiger charge is 2.44. The maximum absolute atomic E-state index is 12.3. The summed E-state index contributed by atoms with van der Waals surface area (Å²) < 4.78 is 0. The van der Waals surface area contributed by atoms with Crippen LogP contribution in [-0.2, 0) is 14.4 Å². The fraction of sp³-hybridized carbons (Fsp3) is 0.600. The van der Waals surface area contributed by atoms with Crippen LogP contribution in [0.3, 0.4) is 0 Å². The van der Waals surface area contributed by atoms with E-state index in [0.29, 0.717) is 24.5 Å². The molecule has 2 N–H and O–H groups in total. The van der Waals surface area contributed by atoms with E-state index in [1.807, 2.05) is 18.2 Å². The molecule has 1 spiro atoms. The Kier molecular flexibility index (Phi) is 6.08. The molecule has 1 saturated carbocycles. The molecule has 1 aliphatic carbocycles. The van der Waals surface area contributed by atoms with Crippen LogP contribution in [0.5, 0.6) is 0 Å². The first-order chi connectivity index (χ1) is 13.0. The van der Waals surface area contributed by atoms with Gasteiger partial charge in [0, 0.05) is 25.6 Å². The fourth-order valence-electron chi connectivity index (χ4n) is 3.70. The standard InChI is InChI=1S/C20H28N4O3/c1-3-17(25)14(2)23-19(26)16-12-20(27-24-16)9-7-15(8-10-20)13-22-18-6-4-5-11-21-18/h4-6,11,14-15H,3,7-10,12-13H2,1-2H3,(H,21,22)(H,23,26). The summed E-state index contributed by atoms with van der Waals surface area (Å²) in [6, 6.07) is 5.35. The van der Waals surface area contributed by atoms with Crippen LogP contribution in [0.1, 0.15) is 52.4 Å². The number of hydrogen-bond acceptors (Lipinski definition) is 6. The molecule has 146 valence electrons. The van der Waals surface area contributed by atoms with E-state index in [0.717, 1.165) is 38.0 Å². The van der Waals surface area contributed by atoms with Gasteiger partial charge in [-0.1, -0.05) is 18.1 Å². The number of ketones is 1. The number of Topliss-reactive ketones (excluding diaryl/α,β-unsaturated/α-hetero) is 1. The number of hydrogen-bond donors (Lipinski definition) is 2. The van der Waals surface area contributed by atoms with Crippen LogP contribution in [0, 0.1) is 5.92 Å². The lowest BCUT2D eigenvalue weighted by atomic mass is 9.76. The van der Waals surface area contributed by atoms with Gasteiger partial charge in [0.1, 0.15) is 17.1 Å². The first-order valence-electron chi connectivity index (χ1n) is 9.75. The summed E-state index contributed by atoms with van der Waals surface area (Å²) in [5.74, 6) is 1.17. The van der Waals surface area contributed by atoms with Gasteiger partial charge in [0.05, 0.1) is 6.04 Å². The molecule has 0 bridgehead atoms. The summed E-state index contributed by atoms with van der Waals surface area (Å²) in [5.41, 5.74) is 0.0439. The average Bonchev–Trinajstić information content (AvgIpc) is 3.11. The lowest BCUT2D eigenvalue weighted by Gasteiger charge is -2.35. The van der Waals surface area contributed by atoms with Crippen molar-refractivity contribution < 1.29 is 14.4 Å². The van der Waals surface area contributed by atoms with E-state index >= 15 is 0 Å². The van der Waals surface area contributed by atoms with Gasteiger partial charge in [-0.3, -0.25) is 9.59 Å². The topological polar surface area (TPSA) is 92.7 Å². The number of pyridine rings is 1. The summed E-state index contributed by atoms with van der Waals surface area (Å²) in [7, 11) is 0. The zero-order valence-corrected chi connectivity index (χ0v) is 16.0. The number of anilines is 1. The maximum Gasteiger partial charge on any atom is 0.269 e. The Labute approximate surface area is 159 Å². The van der Waals surface area contributed by atoms with Gasteiger partial charge in [0.15, 0.2) is 5.78 Å². The molecule has 1 aromatic rings. The molecule has 0 saturated heterocycles. The number of nitrogens with zero attached hydrogens (tertiary/aromatic N) is 2. The van der Waals surface area contributed by atoms with Crippen molar-refractivity contribution in [2.45, 2.75) is 64.0 Å². The van der Waals surface area contributed by atoms with Crippen LogP contribution in [-0.4, -0.2) is 40.6 Å². The molecule has 1 unspecified atom stereocenters. The maximum atomic E-state index is 12.3. The van der Waals surface area contributed by atoms with Gasteiger partial charge < -0.3 is 15.5 Å². The molecule has 1 aliphatic heterocycles.